The van der Waals surface area contributed by atoms with E-state index >= 15 is 0 Å². The van der Waals surface area contributed by atoms with Crippen molar-refractivity contribution in [3.63, 3.8) is 0 Å². The lowest BCUT2D eigenvalue weighted by molar-refractivity contribution is 0.0335. The van der Waals surface area contributed by atoms with Gasteiger partial charge in [-0.05, 0) is 19.3 Å². The van der Waals surface area contributed by atoms with Crippen LogP contribution in [0, 0.1) is 5.41 Å². The van der Waals surface area contributed by atoms with E-state index in [9.17, 15) is 8.42 Å². The molecule has 4 nitrogen and oxygen atoms in total. The Morgan fingerprint density at radius 1 is 1.25 bits per heavy atom. The van der Waals surface area contributed by atoms with E-state index < -0.39 is 10.0 Å². The highest BCUT2D eigenvalue weighted by atomic mass is 32.2. The van der Waals surface area contributed by atoms with Crippen molar-refractivity contribution < 1.29 is 13.2 Å². The lowest BCUT2D eigenvalue weighted by Crippen LogP contribution is -2.39. The Hall–Kier alpha value is -0.130. The molecule has 1 rings (SSSR count). The van der Waals surface area contributed by atoms with Gasteiger partial charge in [0.05, 0.1) is 12.4 Å². The molecule has 0 aromatic heterocycles. The van der Waals surface area contributed by atoms with Crippen molar-refractivity contribution in [3.05, 3.63) is 0 Å². The van der Waals surface area contributed by atoms with Crippen LogP contribution >= 0.6 is 0 Å². The third-order valence-corrected chi connectivity index (χ3v) is 4.19. The summed E-state index contributed by atoms with van der Waals surface area (Å²) in [4.78, 5) is 0. The number of hydrogen-bond acceptors (Lipinski definition) is 3. The molecule has 96 valence electrons. The Morgan fingerprint density at radius 2 is 1.88 bits per heavy atom. The first-order chi connectivity index (χ1) is 7.47. The van der Waals surface area contributed by atoms with Crippen LogP contribution in [0.5, 0.6) is 0 Å². The van der Waals surface area contributed by atoms with Crippen molar-refractivity contribution in [2.45, 2.75) is 45.4 Å². The second kappa shape index (κ2) is 5.98. The van der Waals surface area contributed by atoms with Crippen LogP contribution in [-0.4, -0.2) is 27.4 Å². The maximum absolute atomic E-state index is 11.3. The molecule has 0 aromatic carbocycles. The average molecular weight is 249 g/mol. The third-order valence-electron chi connectivity index (χ3n) is 3.18. The number of hydrogen-bond donors (Lipinski definition) is 1. The van der Waals surface area contributed by atoms with E-state index in [2.05, 4.69) is 0 Å². The Labute approximate surface area is 98.6 Å². The molecule has 0 aliphatic heterocycles. The maximum Gasteiger partial charge on any atom is 0.209 e. The molecule has 0 unspecified atom stereocenters. The zero-order chi connectivity index (χ0) is 12.1. The van der Waals surface area contributed by atoms with E-state index in [1.54, 1.807) is 0 Å². The van der Waals surface area contributed by atoms with Crippen molar-refractivity contribution in [1.82, 2.24) is 0 Å². The van der Waals surface area contributed by atoms with Crippen molar-refractivity contribution in [3.8, 4) is 0 Å². The summed E-state index contributed by atoms with van der Waals surface area (Å²) >= 11 is 0. The minimum Gasteiger partial charge on any atom is -0.381 e. The van der Waals surface area contributed by atoms with Gasteiger partial charge in [-0.2, -0.15) is 0 Å². The Bertz CT molecular complexity index is 294. The van der Waals surface area contributed by atoms with Crippen molar-refractivity contribution in [2.24, 2.45) is 10.6 Å². The van der Waals surface area contributed by atoms with Gasteiger partial charge in [0.25, 0.3) is 0 Å². The van der Waals surface area contributed by atoms with Gasteiger partial charge < -0.3 is 4.74 Å². The zero-order valence-electron chi connectivity index (χ0n) is 10.1. The number of sulfonamides is 1. The summed E-state index contributed by atoms with van der Waals surface area (Å²) in [5.74, 6) is 0.0731. The molecule has 0 amide bonds. The molecule has 5 heteroatoms. The van der Waals surface area contributed by atoms with Gasteiger partial charge in [0.2, 0.25) is 10.0 Å². The molecule has 0 atom stereocenters. The quantitative estimate of drug-likeness (QED) is 0.728. The molecular formula is C11H23NO3S. The van der Waals surface area contributed by atoms with Gasteiger partial charge in [-0.3, -0.25) is 0 Å². The summed E-state index contributed by atoms with van der Waals surface area (Å²) in [6, 6.07) is 0. The number of nitrogens with two attached hydrogens (primary N) is 1. The fourth-order valence-electron chi connectivity index (χ4n) is 2.49. The van der Waals surface area contributed by atoms with Gasteiger partial charge in [0.15, 0.2) is 0 Å². The lowest BCUT2D eigenvalue weighted by Gasteiger charge is -2.36. The molecule has 0 heterocycles. The highest BCUT2D eigenvalue weighted by Crippen LogP contribution is 2.37. The summed E-state index contributed by atoms with van der Waals surface area (Å²) in [6.45, 7) is 3.29. The lowest BCUT2D eigenvalue weighted by atomic mass is 9.76. The highest BCUT2D eigenvalue weighted by molar-refractivity contribution is 7.89. The Kier molecular flexibility index (Phi) is 5.21. The summed E-state index contributed by atoms with van der Waals surface area (Å²) in [7, 11) is -3.40. The summed E-state index contributed by atoms with van der Waals surface area (Å²) < 4.78 is 28.1. The van der Waals surface area contributed by atoms with Crippen molar-refractivity contribution in [1.29, 1.82) is 0 Å². The monoisotopic (exact) mass is 249 g/mol. The summed E-state index contributed by atoms with van der Waals surface area (Å²) in [6.07, 6.45) is 6.18. The van der Waals surface area contributed by atoms with Crippen LogP contribution in [0.25, 0.3) is 0 Å². The van der Waals surface area contributed by atoms with E-state index in [0.717, 1.165) is 32.1 Å². The molecular weight excluding hydrogens is 226 g/mol. The first-order valence-electron chi connectivity index (χ1n) is 6.06. The van der Waals surface area contributed by atoms with Crippen LogP contribution in [0.4, 0.5) is 0 Å². The molecule has 0 radical (unpaired) electrons. The molecule has 0 saturated heterocycles. The normalized spacial score (nSPS) is 20.9. The van der Waals surface area contributed by atoms with E-state index in [0.29, 0.717) is 13.2 Å². The number of rotatable bonds is 6. The average Bonchev–Trinajstić information content (AvgIpc) is 2.16. The standard InChI is InChI=1S/C11H23NO3S/c1-2-8-15-9-11(10-16(12,13)14)6-4-3-5-7-11/h2-10H2,1H3,(H2,12,13,14). The zero-order valence-corrected chi connectivity index (χ0v) is 10.9. The molecule has 1 saturated carbocycles. The Morgan fingerprint density at radius 3 is 2.38 bits per heavy atom. The molecule has 1 aliphatic carbocycles. The van der Waals surface area contributed by atoms with E-state index in [4.69, 9.17) is 9.88 Å². The van der Waals surface area contributed by atoms with Crippen LogP contribution in [-0.2, 0) is 14.8 Å². The molecule has 0 spiro atoms. The fraction of sp³-hybridized carbons (Fsp3) is 1.00. The topological polar surface area (TPSA) is 69.4 Å². The van der Waals surface area contributed by atoms with Crippen LogP contribution < -0.4 is 5.14 Å². The molecule has 2 N–H and O–H groups in total. The van der Waals surface area contributed by atoms with E-state index in [-0.39, 0.29) is 11.2 Å². The van der Waals surface area contributed by atoms with Crippen LogP contribution in [0.1, 0.15) is 45.4 Å². The van der Waals surface area contributed by atoms with Crippen LogP contribution in [0.3, 0.4) is 0 Å². The predicted octanol–water partition coefficient (Wildman–Crippen LogP) is 1.65. The smallest absolute Gasteiger partial charge is 0.209 e. The fourth-order valence-corrected chi connectivity index (χ4v) is 3.72. The summed E-state index contributed by atoms with van der Waals surface area (Å²) in [5, 5.41) is 5.17. The third kappa shape index (κ3) is 4.80. The SMILES string of the molecule is CCCOCC1(CS(N)(=O)=O)CCCCC1. The van der Waals surface area contributed by atoms with Gasteiger partial charge >= 0.3 is 0 Å². The van der Waals surface area contributed by atoms with Crippen LogP contribution in [0.2, 0.25) is 0 Å². The van der Waals surface area contributed by atoms with Gasteiger partial charge in [0, 0.05) is 12.0 Å². The van der Waals surface area contributed by atoms with Crippen LogP contribution in [0.15, 0.2) is 0 Å². The van der Waals surface area contributed by atoms with Crippen molar-refractivity contribution in [2.75, 3.05) is 19.0 Å². The van der Waals surface area contributed by atoms with Gasteiger partial charge in [-0.25, -0.2) is 13.6 Å². The van der Waals surface area contributed by atoms with E-state index in [1.165, 1.54) is 6.42 Å². The molecule has 0 bridgehead atoms. The van der Waals surface area contributed by atoms with Gasteiger partial charge in [-0.1, -0.05) is 26.2 Å². The second-order valence-electron chi connectivity index (χ2n) is 4.92. The maximum atomic E-state index is 11.3. The largest absolute Gasteiger partial charge is 0.381 e. The minimum absolute atomic E-state index is 0.0731. The Balaban J connectivity index is 2.60. The minimum atomic E-state index is -3.40. The van der Waals surface area contributed by atoms with Gasteiger partial charge in [0.1, 0.15) is 0 Å². The van der Waals surface area contributed by atoms with Gasteiger partial charge in [-0.15, -0.1) is 0 Å². The van der Waals surface area contributed by atoms with Crippen molar-refractivity contribution >= 4 is 10.0 Å². The predicted molar refractivity (Wildman–Crippen MR) is 64.6 cm³/mol. The first kappa shape index (κ1) is 13.9. The first-order valence-corrected chi connectivity index (χ1v) is 7.77. The summed E-state index contributed by atoms with van der Waals surface area (Å²) in [5.41, 5.74) is -0.221. The second-order valence-corrected chi connectivity index (χ2v) is 6.53. The number of ether oxygens (including phenoxy) is 1. The number of primary sulfonamides is 1. The highest BCUT2D eigenvalue weighted by Gasteiger charge is 2.35. The molecule has 0 aromatic rings. The molecule has 1 fully saturated rings. The molecule has 16 heavy (non-hydrogen) atoms. The molecule has 1 aliphatic rings. The van der Waals surface area contributed by atoms with E-state index in [1.807, 2.05) is 6.92 Å².